The van der Waals surface area contributed by atoms with Gasteiger partial charge in [-0.15, -0.1) is 11.3 Å². The van der Waals surface area contributed by atoms with Crippen LogP contribution in [0.5, 0.6) is 0 Å². The predicted octanol–water partition coefficient (Wildman–Crippen LogP) is 3.34. The molecule has 118 valence electrons. The van der Waals surface area contributed by atoms with Gasteiger partial charge in [-0.25, -0.2) is 4.98 Å². The molecule has 2 aromatic heterocycles. The van der Waals surface area contributed by atoms with E-state index in [1.54, 1.807) is 23.7 Å². The van der Waals surface area contributed by atoms with Gasteiger partial charge in [0.05, 0.1) is 11.8 Å². The van der Waals surface area contributed by atoms with Gasteiger partial charge in [0.2, 0.25) is 0 Å². The Morgan fingerprint density at radius 2 is 1.87 bits per heavy atom. The van der Waals surface area contributed by atoms with E-state index in [9.17, 15) is 5.11 Å². The zero-order valence-electron chi connectivity index (χ0n) is 12.9. The van der Waals surface area contributed by atoms with Gasteiger partial charge in [-0.3, -0.25) is 4.98 Å². The lowest BCUT2D eigenvalue weighted by Crippen LogP contribution is -2.21. The largest absolute Gasteiger partial charge is 0.387 e. The average Bonchev–Trinajstić information content (AvgIpc) is 3.05. The van der Waals surface area contributed by atoms with Crippen LogP contribution < -0.4 is 5.32 Å². The molecule has 0 saturated heterocycles. The fourth-order valence-corrected chi connectivity index (χ4v) is 3.08. The van der Waals surface area contributed by atoms with Crippen molar-refractivity contribution in [3.8, 4) is 10.6 Å². The minimum absolute atomic E-state index is 0.488. The molecular weight excluding hydrogens is 306 g/mol. The van der Waals surface area contributed by atoms with Gasteiger partial charge >= 0.3 is 0 Å². The van der Waals surface area contributed by atoms with E-state index in [1.165, 1.54) is 5.56 Å². The number of pyridine rings is 1. The Labute approximate surface area is 139 Å². The highest BCUT2D eigenvalue weighted by Gasteiger charge is 2.08. The Morgan fingerprint density at radius 1 is 1.13 bits per heavy atom. The summed E-state index contributed by atoms with van der Waals surface area (Å²) in [5, 5.41) is 16.4. The molecule has 2 N–H and O–H groups in total. The normalized spacial score (nSPS) is 12.3. The van der Waals surface area contributed by atoms with Gasteiger partial charge < -0.3 is 10.4 Å². The number of thiazole rings is 1. The lowest BCUT2D eigenvalue weighted by atomic mass is 10.1. The van der Waals surface area contributed by atoms with Crippen LogP contribution in [-0.4, -0.2) is 21.6 Å². The molecule has 23 heavy (non-hydrogen) atoms. The SMILES string of the molecule is Cc1ccc(-c2nc(CNCC(O)c3ccncc3)cs2)cc1. The van der Waals surface area contributed by atoms with Crippen molar-refractivity contribution in [2.75, 3.05) is 6.54 Å². The van der Waals surface area contributed by atoms with Crippen molar-refractivity contribution in [1.29, 1.82) is 0 Å². The molecule has 0 saturated carbocycles. The van der Waals surface area contributed by atoms with Crippen LogP contribution >= 0.6 is 11.3 Å². The molecule has 3 aromatic rings. The van der Waals surface area contributed by atoms with Crippen molar-refractivity contribution in [3.05, 3.63) is 71.0 Å². The molecule has 4 nitrogen and oxygen atoms in total. The Morgan fingerprint density at radius 3 is 2.61 bits per heavy atom. The van der Waals surface area contributed by atoms with Crippen molar-refractivity contribution in [2.24, 2.45) is 0 Å². The second kappa shape index (κ2) is 7.46. The topological polar surface area (TPSA) is 58.0 Å². The summed E-state index contributed by atoms with van der Waals surface area (Å²) >= 11 is 1.64. The Hall–Kier alpha value is -2.08. The van der Waals surface area contributed by atoms with E-state index < -0.39 is 6.10 Å². The number of aliphatic hydroxyl groups excluding tert-OH is 1. The lowest BCUT2D eigenvalue weighted by Gasteiger charge is -2.11. The molecule has 1 unspecified atom stereocenters. The molecule has 3 rings (SSSR count). The van der Waals surface area contributed by atoms with Gasteiger partial charge in [-0.1, -0.05) is 29.8 Å². The van der Waals surface area contributed by atoms with Crippen molar-refractivity contribution in [1.82, 2.24) is 15.3 Å². The van der Waals surface area contributed by atoms with E-state index in [0.717, 1.165) is 21.8 Å². The van der Waals surface area contributed by atoms with Crippen LogP contribution in [0.1, 0.15) is 22.9 Å². The Bertz CT molecular complexity index is 740. The van der Waals surface area contributed by atoms with Gasteiger partial charge in [0.1, 0.15) is 5.01 Å². The molecule has 0 bridgehead atoms. The van der Waals surface area contributed by atoms with Gasteiger partial charge in [0.25, 0.3) is 0 Å². The van der Waals surface area contributed by atoms with Gasteiger partial charge in [0.15, 0.2) is 0 Å². The van der Waals surface area contributed by atoms with E-state index in [0.29, 0.717) is 13.1 Å². The molecule has 1 aromatic carbocycles. The van der Waals surface area contributed by atoms with Crippen LogP contribution in [-0.2, 0) is 6.54 Å². The number of nitrogens with zero attached hydrogens (tertiary/aromatic N) is 2. The zero-order chi connectivity index (χ0) is 16.1. The maximum atomic E-state index is 10.1. The molecule has 0 aliphatic rings. The summed E-state index contributed by atoms with van der Waals surface area (Å²) in [6.45, 7) is 3.21. The molecule has 0 radical (unpaired) electrons. The Kier molecular flexibility index (Phi) is 5.12. The first-order chi connectivity index (χ1) is 11.2. The first kappa shape index (κ1) is 15.8. The minimum Gasteiger partial charge on any atom is -0.387 e. The number of rotatable bonds is 6. The molecular formula is C18H19N3OS. The van der Waals surface area contributed by atoms with Crippen molar-refractivity contribution in [3.63, 3.8) is 0 Å². The van der Waals surface area contributed by atoms with E-state index in [1.807, 2.05) is 12.1 Å². The number of aryl methyl sites for hydroxylation is 1. The van der Waals surface area contributed by atoms with Crippen LogP contribution in [0.25, 0.3) is 10.6 Å². The molecule has 0 amide bonds. The summed E-state index contributed by atoms with van der Waals surface area (Å²) in [6, 6.07) is 12.0. The zero-order valence-corrected chi connectivity index (χ0v) is 13.8. The highest BCUT2D eigenvalue weighted by atomic mass is 32.1. The molecule has 2 heterocycles. The third-order valence-electron chi connectivity index (χ3n) is 3.58. The minimum atomic E-state index is -0.534. The molecule has 1 atom stereocenters. The maximum Gasteiger partial charge on any atom is 0.123 e. The average molecular weight is 325 g/mol. The van der Waals surface area contributed by atoms with Crippen molar-refractivity contribution >= 4 is 11.3 Å². The summed E-state index contributed by atoms with van der Waals surface area (Å²) in [5.41, 5.74) is 4.25. The second-order valence-electron chi connectivity index (χ2n) is 5.44. The molecule has 0 fully saturated rings. The van der Waals surface area contributed by atoms with Crippen LogP contribution in [0.4, 0.5) is 0 Å². The number of benzene rings is 1. The number of aliphatic hydroxyl groups is 1. The van der Waals surface area contributed by atoms with Crippen molar-refractivity contribution in [2.45, 2.75) is 19.6 Å². The Balaban J connectivity index is 1.54. The third-order valence-corrected chi connectivity index (χ3v) is 4.53. The predicted molar refractivity (Wildman–Crippen MR) is 93.2 cm³/mol. The second-order valence-corrected chi connectivity index (χ2v) is 6.30. The highest BCUT2D eigenvalue weighted by Crippen LogP contribution is 2.24. The first-order valence-corrected chi connectivity index (χ1v) is 8.40. The summed E-state index contributed by atoms with van der Waals surface area (Å²) in [4.78, 5) is 8.60. The summed E-state index contributed by atoms with van der Waals surface area (Å²) < 4.78 is 0. The van der Waals surface area contributed by atoms with Crippen LogP contribution in [0, 0.1) is 6.92 Å². The van der Waals surface area contributed by atoms with Crippen LogP contribution in [0.2, 0.25) is 0 Å². The molecule has 0 aliphatic heterocycles. The quantitative estimate of drug-likeness (QED) is 0.730. The van der Waals surface area contributed by atoms with Crippen LogP contribution in [0.3, 0.4) is 0 Å². The monoisotopic (exact) mass is 325 g/mol. The first-order valence-electron chi connectivity index (χ1n) is 7.52. The van der Waals surface area contributed by atoms with E-state index in [-0.39, 0.29) is 0 Å². The highest BCUT2D eigenvalue weighted by molar-refractivity contribution is 7.13. The number of hydrogen-bond donors (Lipinski definition) is 2. The fraction of sp³-hybridized carbons (Fsp3) is 0.222. The number of aromatic nitrogens is 2. The molecule has 0 spiro atoms. The van der Waals surface area contributed by atoms with Gasteiger partial charge in [-0.2, -0.15) is 0 Å². The van der Waals surface area contributed by atoms with Gasteiger partial charge in [0, 0.05) is 36.4 Å². The lowest BCUT2D eigenvalue weighted by molar-refractivity contribution is 0.174. The molecule has 5 heteroatoms. The smallest absolute Gasteiger partial charge is 0.123 e. The van der Waals surface area contributed by atoms with E-state index >= 15 is 0 Å². The standard InChI is InChI=1S/C18H19N3OS/c1-13-2-4-15(5-3-13)18-21-16(12-23-18)10-20-11-17(22)14-6-8-19-9-7-14/h2-9,12,17,20,22H,10-11H2,1H3. The molecule has 0 aliphatic carbocycles. The summed E-state index contributed by atoms with van der Waals surface area (Å²) in [5.74, 6) is 0. The maximum absolute atomic E-state index is 10.1. The van der Waals surface area contributed by atoms with Crippen molar-refractivity contribution < 1.29 is 5.11 Å². The van der Waals surface area contributed by atoms with E-state index in [4.69, 9.17) is 0 Å². The van der Waals surface area contributed by atoms with Gasteiger partial charge in [-0.05, 0) is 24.6 Å². The number of nitrogens with one attached hydrogen (secondary N) is 1. The summed E-state index contributed by atoms with van der Waals surface area (Å²) in [6.07, 6.45) is 2.84. The third kappa shape index (κ3) is 4.22. The number of hydrogen-bond acceptors (Lipinski definition) is 5. The summed E-state index contributed by atoms with van der Waals surface area (Å²) in [7, 11) is 0. The van der Waals surface area contributed by atoms with Crippen LogP contribution in [0.15, 0.2) is 54.2 Å². The van der Waals surface area contributed by atoms with E-state index in [2.05, 4.69) is 51.9 Å². The fourth-order valence-electron chi connectivity index (χ4n) is 2.26.